The fourth-order valence-electron chi connectivity index (χ4n) is 1.79. The molecule has 0 bridgehead atoms. The van der Waals surface area contributed by atoms with E-state index >= 15 is 0 Å². The third kappa shape index (κ3) is 5.82. The zero-order valence-corrected chi connectivity index (χ0v) is 14.0. The van der Waals surface area contributed by atoms with E-state index in [2.05, 4.69) is 14.5 Å². The van der Waals surface area contributed by atoms with Crippen LogP contribution in [0, 0.1) is 0 Å². The molecule has 0 fully saturated rings. The van der Waals surface area contributed by atoms with Gasteiger partial charge < -0.3 is 4.18 Å². The van der Waals surface area contributed by atoms with E-state index in [1.165, 1.54) is 6.07 Å². The van der Waals surface area contributed by atoms with Crippen molar-refractivity contribution in [2.45, 2.75) is 0 Å². The van der Waals surface area contributed by atoms with Crippen LogP contribution in [-0.2, 0) is 10.4 Å². The molecule has 0 aliphatic carbocycles. The second-order valence-electron chi connectivity index (χ2n) is 5.01. The Hall–Kier alpha value is -2.71. The molecule has 0 radical (unpaired) electrons. The monoisotopic (exact) mass is 347 g/mol. The molecule has 24 heavy (non-hydrogen) atoms. The van der Waals surface area contributed by atoms with E-state index in [0.29, 0.717) is 5.56 Å². The lowest BCUT2D eigenvalue weighted by molar-refractivity contribution is 0.386. The third-order valence-corrected chi connectivity index (χ3v) is 3.19. The van der Waals surface area contributed by atoms with Crippen molar-refractivity contribution in [3.05, 3.63) is 59.7 Å². The van der Waals surface area contributed by atoms with Gasteiger partial charge in [0.1, 0.15) is 0 Å². The van der Waals surface area contributed by atoms with Gasteiger partial charge in [0, 0.05) is 19.7 Å². The van der Waals surface area contributed by atoms with Gasteiger partial charge in [0.05, 0.1) is 5.69 Å². The molecular weight excluding hydrogens is 330 g/mol. The quantitative estimate of drug-likeness (QED) is 0.373. The van der Waals surface area contributed by atoms with Crippen molar-refractivity contribution < 1.29 is 17.2 Å². The predicted molar refractivity (Wildman–Crippen MR) is 92.2 cm³/mol. The van der Waals surface area contributed by atoms with E-state index in [-0.39, 0.29) is 5.75 Å². The number of para-hydroxylation sites is 1. The fraction of sp³-hybridized carbons (Fsp3) is 0.125. The number of nitrogens with zero attached hydrogens (tertiary/aromatic N) is 3. The van der Waals surface area contributed by atoms with Crippen LogP contribution in [-0.4, -0.2) is 32.1 Å². The van der Waals surface area contributed by atoms with Crippen LogP contribution in [0.2, 0.25) is 0 Å². The summed E-state index contributed by atoms with van der Waals surface area (Å²) in [7, 11) is -0.993. The summed E-state index contributed by atoms with van der Waals surface area (Å²) in [6.07, 6.45) is 3.48. The van der Waals surface area contributed by atoms with Gasteiger partial charge in [-0.25, -0.2) is 0 Å². The van der Waals surface area contributed by atoms with Gasteiger partial charge in [0.15, 0.2) is 5.75 Å². The van der Waals surface area contributed by atoms with Crippen LogP contribution in [0.5, 0.6) is 5.75 Å². The van der Waals surface area contributed by atoms with Crippen LogP contribution in [0.3, 0.4) is 0 Å². The van der Waals surface area contributed by atoms with Gasteiger partial charge in [-0.1, -0.05) is 47.7 Å². The van der Waals surface area contributed by atoms with E-state index in [9.17, 15) is 8.42 Å². The Morgan fingerprint density at radius 1 is 1.04 bits per heavy atom. The molecule has 2 aromatic carbocycles. The number of rotatable bonds is 6. The fourth-order valence-corrected chi connectivity index (χ4v) is 2.17. The zero-order valence-electron chi connectivity index (χ0n) is 13.2. The molecule has 8 heteroatoms. The van der Waals surface area contributed by atoms with E-state index in [1.54, 1.807) is 49.5 Å². The first-order valence-corrected chi connectivity index (χ1v) is 8.33. The first-order chi connectivity index (χ1) is 11.3. The molecule has 126 valence electrons. The Bertz CT molecular complexity index is 844. The van der Waals surface area contributed by atoms with Crippen molar-refractivity contribution in [1.29, 1.82) is 0 Å². The van der Waals surface area contributed by atoms with E-state index in [4.69, 9.17) is 4.55 Å². The van der Waals surface area contributed by atoms with Crippen LogP contribution in [0.25, 0.3) is 12.2 Å². The predicted octanol–water partition coefficient (Wildman–Crippen LogP) is 3.60. The Labute approximate surface area is 140 Å². The Kier molecular flexibility index (Phi) is 5.67. The molecule has 0 aliphatic rings. The van der Waals surface area contributed by atoms with Gasteiger partial charge in [0.2, 0.25) is 0 Å². The molecule has 2 aromatic rings. The normalized spacial score (nSPS) is 12.0. The Morgan fingerprint density at radius 3 is 2.33 bits per heavy atom. The number of hydrogen-bond acceptors (Lipinski definition) is 5. The second-order valence-corrected chi connectivity index (χ2v) is 6.03. The highest BCUT2D eigenvalue weighted by Gasteiger charge is 2.09. The molecule has 0 atom stereocenters. The maximum absolute atomic E-state index is 10.9. The lowest BCUT2D eigenvalue weighted by atomic mass is 10.1. The lowest BCUT2D eigenvalue weighted by Crippen LogP contribution is -2.07. The number of hydrogen-bond donors (Lipinski definition) is 1. The molecule has 0 amide bonds. The van der Waals surface area contributed by atoms with Gasteiger partial charge in [0.25, 0.3) is 0 Å². The Balaban J connectivity index is 2.17. The van der Waals surface area contributed by atoms with E-state index in [0.717, 1.165) is 11.3 Å². The summed E-state index contributed by atoms with van der Waals surface area (Å²) in [6.45, 7) is 0. The lowest BCUT2D eigenvalue weighted by Gasteiger charge is -2.05. The highest BCUT2D eigenvalue weighted by molar-refractivity contribution is 7.81. The van der Waals surface area contributed by atoms with E-state index in [1.807, 2.05) is 24.3 Å². The molecule has 0 aliphatic heterocycles. The first kappa shape index (κ1) is 17.6. The average molecular weight is 347 g/mol. The van der Waals surface area contributed by atoms with Gasteiger partial charge in [-0.05, 0) is 23.8 Å². The summed E-state index contributed by atoms with van der Waals surface area (Å²) in [5, 5.41) is 9.54. The minimum absolute atomic E-state index is 0.0488. The summed E-state index contributed by atoms with van der Waals surface area (Å²) >= 11 is 0. The van der Waals surface area contributed by atoms with Crippen molar-refractivity contribution in [1.82, 2.24) is 5.01 Å². The minimum atomic E-state index is -4.56. The molecule has 2 rings (SSSR count). The molecule has 0 aromatic heterocycles. The molecule has 0 spiro atoms. The zero-order chi connectivity index (χ0) is 17.6. The molecule has 0 saturated carbocycles. The molecule has 7 nitrogen and oxygen atoms in total. The smallest absolute Gasteiger partial charge is 0.361 e. The summed E-state index contributed by atoms with van der Waals surface area (Å²) in [5.74, 6) is 0.0488. The maximum atomic E-state index is 10.9. The highest BCUT2D eigenvalue weighted by Crippen LogP contribution is 2.22. The van der Waals surface area contributed by atoms with Crippen LogP contribution in [0.4, 0.5) is 5.69 Å². The first-order valence-electron chi connectivity index (χ1n) is 6.96. The SMILES string of the molecule is CN(C)N=Nc1ccc(C=Cc2ccccc2OS(=O)(=O)O)cc1. The molecular formula is C16H17N3O4S. The van der Waals surface area contributed by atoms with Crippen molar-refractivity contribution in [3.8, 4) is 5.75 Å². The summed E-state index contributed by atoms with van der Waals surface area (Å²) in [6, 6.07) is 13.8. The minimum Gasteiger partial charge on any atom is -0.361 e. The van der Waals surface area contributed by atoms with Crippen LogP contribution in [0.1, 0.15) is 11.1 Å². The highest BCUT2D eigenvalue weighted by atomic mass is 32.3. The molecule has 1 N–H and O–H groups in total. The maximum Gasteiger partial charge on any atom is 0.446 e. The second kappa shape index (κ2) is 7.71. The Morgan fingerprint density at radius 2 is 1.71 bits per heavy atom. The third-order valence-electron chi connectivity index (χ3n) is 2.80. The van der Waals surface area contributed by atoms with Gasteiger partial charge in [-0.3, -0.25) is 9.56 Å². The van der Waals surface area contributed by atoms with Gasteiger partial charge in [-0.15, -0.1) is 5.11 Å². The van der Waals surface area contributed by atoms with Gasteiger partial charge >= 0.3 is 10.4 Å². The van der Waals surface area contributed by atoms with E-state index < -0.39 is 10.4 Å². The van der Waals surface area contributed by atoms with Crippen LogP contribution < -0.4 is 4.18 Å². The van der Waals surface area contributed by atoms with Crippen molar-refractivity contribution in [3.63, 3.8) is 0 Å². The molecule has 0 heterocycles. The van der Waals surface area contributed by atoms with Crippen LogP contribution in [0.15, 0.2) is 58.9 Å². The van der Waals surface area contributed by atoms with Crippen molar-refractivity contribution in [2.75, 3.05) is 14.1 Å². The van der Waals surface area contributed by atoms with Crippen molar-refractivity contribution in [2.24, 2.45) is 10.3 Å². The standard InChI is InChI=1S/C16H17N3O4S/c1-19(2)18-17-15-11-8-13(9-12-15)7-10-14-5-3-4-6-16(14)23-24(20,21)22/h3-12H,1-2H3,(H,20,21,22). The summed E-state index contributed by atoms with van der Waals surface area (Å²) in [4.78, 5) is 0. The van der Waals surface area contributed by atoms with Crippen LogP contribution >= 0.6 is 0 Å². The largest absolute Gasteiger partial charge is 0.446 e. The molecule has 0 unspecified atom stereocenters. The van der Waals surface area contributed by atoms with Gasteiger partial charge in [-0.2, -0.15) is 8.42 Å². The molecule has 0 saturated heterocycles. The number of benzene rings is 2. The average Bonchev–Trinajstić information content (AvgIpc) is 2.51. The van der Waals surface area contributed by atoms with Crippen molar-refractivity contribution >= 4 is 28.2 Å². The topological polar surface area (TPSA) is 91.6 Å². The summed E-state index contributed by atoms with van der Waals surface area (Å²) < 4.78 is 35.1. The summed E-state index contributed by atoms with van der Waals surface area (Å²) in [5.41, 5.74) is 2.13.